The molecule has 0 heterocycles. The molecule has 0 rings (SSSR count). The average molecular weight is 378 g/mol. The second-order valence-corrected chi connectivity index (χ2v) is 4.02. The Morgan fingerprint density at radius 1 is 0.818 bits per heavy atom. The Labute approximate surface area is 130 Å². The van der Waals surface area contributed by atoms with Crippen LogP contribution < -0.4 is 18.5 Å². The average Bonchev–Trinajstić information content (AvgIpc) is 1.95. The van der Waals surface area contributed by atoms with E-state index in [1.54, 1.807) is 0 Å². The summed E-state index contributed by atoms with van der Waals surface area (Å²) in [6.45, 7) is 0. The summed E-state index contributed by atoms with van der Waals surface area (Å²) in [4.78, 5) is 52.0. The molecular weight excluding hydrogens is 357 g/mol. The zero-order valence-electron chi connectivity index (χ0n) is 11.2. The van der Waals surface area contributed by atoms with E-state index >= 15 is 0 Å². The van der Waals surface area contributed by atoms with Gasteiger partial charge in [0, 0.05) is 0 Å². The van der Waals surface area contributed by atoms with Crippen LogP contribution in [0.3, 0.4) is 0 Å². The first kappa shape index (κ1) is 37.2. The molecule has 0 aromatic carbocycles. The lowest BCUT2D eigenvalue weighted by molar-refractivity contribution is -0.170. The summed E-state index contributed by atoms with van der Waals surface area (Å²) in [6.07, 6.45) is -2.29. The van der Waals surface area contributed by atoms with Crippen molar-refractivity contribution in [1.82, 2.24) is 18.5 Å². The normalized spacial score (nSPS) is 9.09. The van der Waals surface area contributed by atoms with Crippen molar-refractivity contribution in [3.63, 3.8) is 0 Å². The van der Waals surface area contributed by atoms with E-state index in [1.807, 2.05) is 0 Å². The molecule has 0 fully saturated rings. The van der Waals surface area contributed by atoms with Gasteiger partial charge in [0.05, 0.1) is 12.8 Å². The molecule has 0 unspecified atom stereocenters. The van der Waals surface area contributed by atoms with Crippen molar-refractivity contribution < 1.29 is 54.1 Å². The van der Waals surface area contributed by atoms with E-state index in [0.29, 0.717) is 0 Å². The van der Waals surface area contributed by atoms with Gasteiger partial charge in [-0.25, -0.2) is 9.36 Å². The van der Waals surface area contributed by atoms with Crippen LogP contribution in [0.1, 0.15) is 12.8 Å². The topological polar surface area (TPSA) is 315 Å². The van der Waals surface area contributed by atoms with Crippen LogP contribution in [-0.2, 0) is 18.9 Å². The number of aliphatic hydroxyl groups is 1. The number of carboxylic acid groups (broad SMARTS) is 3. The molecule has 0 spiro atoms. The quantitative estimate of drug-likeness (QED) is 0.249. The smallest absolute Gasteiger partial charge is 0.466 e. The van der Waals surface area contributed by atoms with Crippen molar-refractivity contribution in [3.8, 4) is 0 Å². The Morgan fingerprint density at radius 3 is 1.09 bits per heavy atom. The van der Waals surface area contributed by atoms with Crippen LogP contribution in [0.5, 0.6) is 0 Å². The highest BCUT2D eigenvalue weighted by Crippen LogP contribution is 2.25. The minimum Gasteiger partial charge on any atom is -0.481 e. The second kappa shape index (κ2) is 14.6. The Kier molecular flexibility index (Phi) is 24.6. The first-order valence-electron chi connectivity index (χ1n) is 3.95. The van der Waals surface area contributed by atoms with E-state index in [0.717, 1.165) is 0 Å². The van der Waals surface area contributed by atoms with Crippen LogP contribution in [0.25, 0.3) is 0 Å². The molecule has 0 radical (unpaired) electrons. The molecule has 0 bridgehead atoms. The lowest BCUT2D eigenvalue weighted by Gasteiger charge is -2.18. The predicted octanol–water partition coefficient (Wildman–Crippen LogP) is -1.27. The zero-order valence-corrected chi connectivity index (χ0v) is 12.9. The fourth-order valence-corrected chi connectivity index (χ4v) is 0.714. The van der Waals surface area contributed by atoms with E-state index in [9.17, 15) is 14.4 Å². The van der Waals surface area contributed by atoms with Gasteiger partial charge in [-0.05, 0) is 0 Å². The SMILES string of the molecule is Cl.N.N.N.O=C(O)CC(O)(CC(=O)O)C(=O)O.O=P(O)(O)O. The number of hydrogen-bond donors (Lipinski definition) is 10. The molecule has 0 saturated carbocycles. The Hall–Kier alpha value is -1.35. The third kappa shape index (κ3) is 27.1. The van der Waals surface area contributed by atoms with Crippen molar-refractivity contribution in [1.29, 1.82) is 0 Å². The van der Waals surface area contributed by atoms with Crippen LogP contribution >= 0.6 is 20.2 Å². The van der Waals surface area contributed by atoms with Gasteiger partial charge in [0.15, 0.2) is 5.60 Å². The summed E-state index contributed by atoms with van der Waals surface area (Å²) in [6, 6.07) is 0. The zero-order chi connectivity index (χ0) is 15.1. The van der Waals surface area contributed by atoms with E-state index in [1.165, 1.54) is 0 Å². The van der Waals surface area contributed by atoms with Crippen LogP contribution in [0.15, 0.2) is 0 Å². The summed E-state index contributed by atoms with van der Waals surface area (Å²) < 4.78 is 8.88. The Balaban J connectivity index is -0.0000000627. The monoisotopic (exact) mass is 377 g/mol. The molecule has 0 aliphatic heterocycles. The molecular formula is C6H21ClN3O11P. The van der Waals surface area contributed by atoms with E-state index in [2.05, 4.69) is 0 Å². The minimum atomic E-state index is -4.64. The first-order chi connectivity index (χ1) is 7.78. The van der Waals surface area contributed by atoms with E-state index < -0.39 is 44.2 Å². The van der Waals surface area contributed by atoms with Crippen molar-refractivity contribution in [3.05, 3.63) is 0 Å². The molecule has 0 atom stereocenters. The highest BCUT2D eigenvalue weighted by molar-refractivity contribution is 7.45. The molecule has 138 valence electrons. The lowest BCUT2D eigenvalue weighted by Crippen LogP contribution is -2.42. The van der Waals surface area contributed by atoms with Crippen LogP contribution in [0.4, 0.5) is 0 Å². The molecule has 0 aromatic rings. The molecule has 0 aliphatic carbocycles. The highest BCUT2D eigenvalue weighted by Gasteiger charge is 2.40. The summed E-state index contributed by atoms with van der Waals surface area (Å²) >= 11 is 0. The van der Waals surface area contributed by atoms with Gasteiger partial charge in [-0.15, -0.1) is 12.4 Å². The second-order valence-electron chi connectivity index (χ2n) is 2.99. The van der Waals surface area contributed by atoms with Gasteiger partial charge in [0.2, 0.25) is 0 Å². The van der Waals surface area contributed by atoms with Gasteiger partial charge >= 0.3 is 25.7 Å². The Bertz CT molecular complexity index is 362. The summed E-state index contributed by atoms with van der Waals surface area (Å²) in [5, 5.41) is 33.8. The summed E-state index contributed by atoms with van der Waals surface area (Å²) in [5.74, 6) is -5.02. The number of carbonyl (C=O) groups is 3. The standard InChI is InChI=1S/C6H8O7.ClH.3H3N.H3O4P/c7-3(8)1-6(13,5(11)12)2-4(9)10;;;;;1-5(2,3)4/h13H,1-2H2,(H,7,8)(H,9,10)(H,11,12);1H;3*1H3;(H3,1,2,3,4). The Morgan fingerprint density at radius 2 is 1.00 bits per heavy atom. The maximum atomic E-state index is 10.3. The fourth-order valence-electron chi connectivity index (χ4n) is 0.714. The number of hydrogen-bond acceptors (Lipinski definition) is 8. The summed E-state index contributed by atoms with van der Waals surface area (Å²) in [5.41, 5.74) is -2.74. The molecule has 0 amide bonds. The lowest BCUT2D eigenvalue weighted by atomic mass is 9.96. The molecule has 14 nitrogen and oxygen atoms in total. The van der Waals surface area contributed by atoms with E-state index in [-0.39, 0.29) is 30.9 Å². The maximum Gasteiger partial charge on any atom is 0.466 e. The maximum absolute atomic E-state index is 10.3. The first-order valence-corrected chi connectivity index (χ1v) is 5.52. The van der Waals surface area contributed by atoms with Gasteiger partial charge in [0.25, 0.3) is 0 Å². The highest BCUT2D eigenvalue weighted by atomic mass is 35.5. The molecule has 0 aromatic heterocycles. The van der Waals surface area contributed by atoms with Gasteiger partial charge in [-0.1, -0.05) is 0 Å². The molecule has 0 saturated heterocycles. The van der Waals surface area contributed by atoms with Crippen LogP contribution in [0, 0.1) is 0 Å². The van der Waals surface area contributed by atoms with Gasteiger partial charge in [0.1, 0.15) is 0 Å². The fraction of sp³-hybridized carbons (Fsp3) is 0.500. The van der Waals surface area contributed by atoms with Gasteiger partial charge in [-0.2, -0.15) is 0 Å². The third-order valence-corrected chi connectivity index (χ3v) is 1.29. The molecule has 0 aliphatic rings. The van der Waals surface area contributed by atoms with Crippen molar-refractivity contribution in [2.24, 2.45) is 0 Å². The third-order valence-electron chi connectivity index (χ3n) is 1.29. The van der Waals surface area contributed by atoms with Gasteiger partial charge < -0.3 is 53.6 Å². The van der Waals surface area contributed by atoms with Gasteiger partial charge in [-0.3, -0.25) is 9.59 Å². The summed E-state index contributed by atoms with van der Waals surface area (Å²) in [7, 11) is -4.64. The molecule has 16 heteroatoms. The number of halogens is 1. The van der Waals surface area contributed by atoms with E-state index in [4.69, 9.17) is 39.7 Å². The largest absolute Gasteiger partial charge is 0.481 e. The minimum absolute atomic E-state index is 0. The van der Waals surface area contributed by atoms with Crippen LogP contribution in [-0.4, -0.2) is 58.6 Å². The number of rotatable bonds is 5. The van der Waals surface area contributed by atoms with Crippen molar-refractivity contribution in [2.45, 2.75) is 18.4 Å². The number of phosphoric acid groups is 1. The molecule has 22 heavy (non-hydrogen) atoms. The van der Waals surface area contributed by atoms with Crippen molar-refractivity contribution in [2.75, 3.05) is 0 Å². The van der Waals surface area contributed by atoms with Crippen LogP contribution in [0.2, 0.25) is 0 Å². The molecule has 16 N–H and O–H groups in total. The van der Waals surface area contributed by atoms with Crippen molar-refractivity contribution >= 4 is 38.1 Å². The number of aliphatic carboxylic acids is 3. The predicted molar refractivity (Wildman–Crippen MR) is 73.7 cm³/mol. The number of carboxylic acids is 3.